The predicted octanol–water partition coefficient (Wildman–Crippen LogP) is 6.39. The summed E-state index contributed by atoms with van der Waals surface area (Å²) >= 11 is 9.63. The molecule has 0 aliphatic carbocycles. The van der Waals surface area contributed by atoms with Gasteiger partial charge >= 0.3 is 0 Å². The average Bonchev–Trinajstić information content (AvgIpc) is 2.74. The number of fused-ring (bicyclic) bond motifs is 1. The van der Waals surface area contributed by atoms with E-state index in [1.807, 2.05) is 32.0 Å². The summed E-state index contributed by atoms with van der Waals surface area (Å²) in [5, 5.41) is 5.60. The Hall–Kier alpha value is -2.18. The third kappa shape index (κ3) is 4.93. The maximum atomic E-state index is 13.3. The summed E-state index contributed by atoms with van der Waals surface area (Å²) in [5.41, 5.74) is 1.16. The number of benzene rings is 2. The fourth-order valence-electron chi connectivity index (χ4n) is 2.93. The highest BCUT2D eigenvalue weighted by Gasteiger charge is 2.16. The molecule has 0 saturated heterocycles. The molecule has 5 nitrogen and oxygen atoms in total. The molecule has 0 aliphatic heterocycles. The molecular weight excluding hydrogens is 466 g/mol. The summed E-state index contributed by atoms with van der Waals surface area (Å²) in [5.74, 6) is 1.37. The van der Waals surface area contributed by atoms with Crippen LogP contribution in [-0.2, 0) is 0 Å². The van der Waals surface area contributed by atoms with Gasteiger partial charge < -0.3 is 4.74 Å². The molecule has 0 unspecified atom stereocenters. The van der Waals surface area contributed by atoms with Gasteiger partial charge in [-0.3, -0.25) is 4.79 Å². The lowest BCUT2D eigenvalue weighted by atomic mass is 10.1. The van der Waals surface area contributed by atoms with E-state index in [0.717, 1.165) is 17.3 Å². The molecule has 1 aromatic heterocycles. The van der Waals surface area contributed by atoms with Gasteiger partial charge in [0.2, 0.25) is 0 Å². The summed E-state index contributed by atoms with van der Waals surface area (Å²) in [4.78, 5) is 18.0. The maximum absolute atomic E-state index is 13.3. The van der Waals surface area contributed by atoms with Gasteiger partial charge in [-0.25, -0.2) is 4.98 Å². The third-order valence-electron chi connectivity index (χ3n) is 5.07. The topological polar surface area (TPSA) is 56.5 Å². The largest absolute Gasteiger partial charge is 0.490 e. The van der Waals surface area contributed by atoms with Crippen LogP contribution in [0.3, 0.4) is 0 Å². The van der Waals surface area contributed by atoms with Gasteiger partial charge in [-0.2, -0.15) is 9.78 Å². The predicted molar refractivity (Wildman–Crippen MR) is 127 cm³/mol. The van der Waals surface area contributed by atoms with Crippen molar-refractivity contribution >= 4 is 44.6 Å². The second kappa shape index (κ2) is 9.75. The van der Waals surface area contributed by atoms with Crippen LogP contribution in [0.2, 0.25) is 5.02 Å². The molecule has 0 fully saturated rings. The van der Waals surface area contributed by atoms with Crippen LogP contribution in [0, 0.1) is 0 Å². The Bertz CT molecular complexity index is 1140. The molecule has 0 bridgehead atoms. The average molecular weight is 491 g/mol. The van der Waals surface area contributed by atoms with E-state index >= 15 is 0 Å². The van der Waals surface area contributed by atoms with E-state index < -0.39 is 0 Å². The highest BCUT2D eigenvalue weighted by Crippen LogP contribution is 2.24. The van der Waals surface area contributed by atoms with E-state index in [2.05, 4.69) is 34.9 Å². The fourth-order valence-corrected chi connectivity index (χ4v) is 3.47. The zero-order valence-corrected chi connectivity index (χ0v) is 19.9. The molecule has 3 rings (SSSR count). The van der Waals surface area contributed by atoms with Crippen molar-refractivity contribution in [2.24, 2.45) is 5.10 Å². The number of nitrogens with zero attached hydrogens (tertiary/aromatic N) is 3. The van der Waals surface area contributed by atoms with Crippen molar-refractivity contribution in [2.45, 2.75) is 52.6 Å². The van der Waals surface area contributed by atoms with Crippen LogP contribution in [0.1, 0.15) is 57.8 Å². The van der Waals surface area contributed by atoms with Crippen molar-refractivity contribution in [3.8, 4) is 5.75 Å². The van der Waals surface area contributed by atoms with Crippen molar-refractivity contribution in [1.82, 2.24) is 9.66 Å². The standard InChI is InChI=1S/C23H25BrClN3O2/c1-5-14(3)22-27-20-9-7-17(24)12-19(20)23(29)28(22)26-13-16-11-18(25)8-10-21(16)30-15(4)6-2/h7-15H,5-6H2,1-4H3/t14-,15-/m0/s1. The molecule has 7 heteroatoms. The summed E-state index contributed by atoms with van der Waals surface area (Å²) in [6.45, 7) is 8.17. The van der Waals surface area contributed by atoms with E-state index in [1.54, 1.807) is 24.4 Å². The van der Waals surface area contributed by atoms with Gasteiger partial charge in [0, 0.05) is 21.0 Å². The lowest BCUT2D eigenvalue weighted by molar-refractivity contribution is 0.217. The number of rotatable bonds is 7. The van der Waals surface area contributed by atoms with E-state index in [-0.39, 0.29) is 17.6 Å². The van der Waals surface area contributed by atoms with Gasteiger partial charge in [-0.15, -0.1) is 0 Å². The first-order valence-corrected chi connectivity index (χ1v) is 11.2. The Balaban J connectivity index is 2.15. The second-order valence-corrected chi connectivity index (χ2v) is 8.67. The molecule has 0 saturated carbocycles. The van der Waals surface area contributed by atoms with Crippen LogP contribution in [0.25, 0.3) is 10.9 Å². The molecule has 2 atom stereocenters. The number of aromatic nitrogens is 2. The SMILES string of the molecule is CC[C@H](C)Oc1ccc(Cl)cc1C=Nn1c([C@@H](C)CC)nc2ccc(Br)cc2c1=O. The zero-order valence-electron chi connectivity index (χ0n) is 17.5. The lowest BCUT2D eigenvalue weighted by Gasteiger charge is -2.16. The molecule has 0 spiro atoms. The summed E-state index contributed by atoms with van der Waals surface area (Å²) in [6, 6.07) is 10.9. The Labute approximate surface area is 189 Å². The van der Waals surface area contributed by atoms with Crippen molar-refractivity contribution in [2.75, 3.05) is 0 Å². The quantitative estimate of drug-likeness (QED) is 0.361. The Morgan fingerprint density at radius 3 is 2.67 bits per heavy atom. The second-order valence-electron chi connectivity index (χ2n) is 7.32. The normalized spacial score (nSPS) is 13.7. The third-order valence-corrected chi connectivity index (χ3v) is 5.80. The van der Waals surface area contributed by atoms with Crippen molar-refractivity contribution in [3.05, 3.63) is 67.6 Å². The fraction of sp³-hybridized carbons (Fsp3) is 0.348. The van der Waals surface area contributed by atoms with Crippen LogP contribution in [0.5, 0.6) is 5.75 Å². The summed E-state index contributed by atoms with van der Waals surface area (Å²) < 4.78 is 8.20. The molecule has 1 heterocycles. The Morgan fingerprint density at radius 2 is 1.97 bits per heavy atom. The first kappa shape index (κ1) is 22.5. The van der Waals surface area contributed by atoms with Gasteiger partial charge in [0.05, 0.1) is 23.2 Å². The molecule has 2 aromatic carbocycles. The highest BCUT2D eigenvalue weighted by atomic mass is 79.9. The lowest BCUT2D eigenvalue weighted by Crippen LogP contribution is -2.23. The summed E-state index contributed by atoms with van der Waals surface area (Å²) in [7, 11) is 0. The smallest absolute Gasteiger partial charge is 0.282 e. The van der Waals surface area contributed by atoms with Crippen LogP contribution < -0.4 is 10.3 Å². The maximum Gasteiger partial charge on any atom is 0.282 e. The van der Waals surface area contributed by atoms with Crippen LogP contribution in [0.15, 0.2) is 50.8 Å². The number of ether oxygens (including phenoxy) is 1. The first-order valence-electron chi connectivity index (χ1n) is 10.1. The Morgan fingerprint density at radius 1 is 1.20 bits per heavy atom. The molecule has 3 aromatic rings. The van der Waals surface area contributed by atoms with E-state index in [9.17, 15) is 4.79 Å². The van der Waals surface area contributed by atoms with Gasteiger partial charge in [0.1, 0.15) is 11.6 Å². The van der Waals surface area contributed by atoms with Crippen molar-refractivity contribution < 1.29 is 4.74 Å². The number of halogens is 2. The molecule has 30 heavy (non-hydrogen) atoms. The molecule has 0 radical (unpaired) electrons. The monoisotopic (exact) mass is 489 g/mol. The van der Waals surface area contributed by atoms with E-state index in [0.29, 0.717) is 33.1 Å². The van der Waals surface area contributed by atoms with Gasteiger partial charge in [0.25, 0.3) is 5.56 Å². The van der Waals surface area contributed by atoms with Crippen LogP contribution in [0.4, 0.5) is 0 Å². The molecule has 0 aliphatic rings. The van der Waals surface area contributed by atoms with E-state index in [4.69, 9.17) is 21.3 Å². The minimum absolute atomic E-state index is 0.0522. The zero-order chi connectivity index (χ0) is 21.8. The van der Waals surface area contributed by atoms with Crippen LogP contribution in [-0.4, -0.2) is 22.0 Å². The van der Waals surface area contributed by atoms with Crippen molar-refractivity contribution in [3.63, 3.8) is 0 Å². The van der Waals surface area contributed by atoms with Crippen LogP contribution >= 0.6 is 27.5 Å². The Kier molecular flexibility index (Phi) is 7.32. The molecule has 158 valence electrons. The van der Waals surface area contributed by atoms with Crippen molar-refractivity contribution in [1.29, 1.82) is 0 Å². The van der Waals surface area contributed by atoms with Gasteiger partial charge in [-0.1, -0.05) is 48.3 Å². The van der Waals surface area contributed by atoms with E-state index in [1.165, 1.54) is 4.68 Å². The minimum atomic E-state index is -0.209. The molecule has 0 N–H and O–H groups in total. The number of hydrogen-bond acceptors (Lipinski definition) is 4. The van der Waals surface area contributed by atoms with Gasteiger partial charge in [0.15, 0.2) is 0 Å². The highest BCUT2D eigenvalue weighted by molar-refractivity contribution is 9.10. The minimum Gasteiger partial charge on any atom is -0.490 e. The summed E-state index contributed by atoms with van der Waals surface area (Å²) in [6.07, 6.45) is 3.38. The van der Waals surface area contributed by atoms with Gasteiger partial charge in [-0.05, 0) is 56.2 Å². The molecular formula is C23H25BrClN3O2. The molecule has 0 amide bonds. The number of hydrogen-bond donors (Lipinski definition) is 0. The first-order chi connectivity index (χ1) is 14.3.